The number of pyridine rings is 1. The van der Waals surface area contributed by atoms with E-state index in [2.05, 4.69) is 32.6 Å². The molecule has 0 aliphatic carbocycles. The second-order valence-electron chi connectivity index (χ2n) is 4.82. The Hall–Kier alpha value is -2.20. The molecule has 102 valence electrons. The second-order valence-corrected chi connectivity index (χ2v) is 4.82. The molecule has 0 fully saturated rings. The molecule has 1 N–H and O–H groups in total. The Bertz CT molecular complexity index is 691. The number of aryl methyl sites for hydroxylation is 1. The number of benzene rings is 1. The van der Waals surface area contributed by atoms with E-state index >= 15 is 0 Å². The van der Waals surface area contributed by atoms with Gasteiger partial charge in [0, 0.05) is 19.2 Å². The van der Waals surface area contributed by atoms with Gasteiger partial charge in [0.15, 0.2) is 11.0 Å². The van der Waals surface area contributed by atoms with Crippen LogP contribution < -0.4 is 4.57 Å². The van der Waals surface area contributed by atoms with Crippen molar-refractivity contribution in [3.8, 4) is 0 Å². The van der Waals surface area contributed by atoms with Gasteiger partial charge in [-0.25, -0.2) is 9.13 Å². The van der Waals surface area contributed by atoms with Gasteiger partial charge in [0.1, 0.15) is 6.54 Å². The van der Waals surface area contributed by atoms with Crippen LogP contribution in [-0.2, 0) is 13.1 Å². The number of imidazole rings is 1. The highest BCUT2D eigenvalue weighted by atomic mass is 16.3. The van der Waals surface area contributed by atoms with E-state index in [0.717, 1.165) is 25.2 Å². The summed E-state index contributed by atoms with van der Waals surface area (Å²) in [6.07, 6.45) is 4.69. The number of para-hydroxylation sites is 2. The number of fused-ring (bicyclic) bond motifs is 1. The Morgan fingerprint density at radius 2 is 1.95 bits per heavy atom. The SMILES string of the molecule is OCCCn1c[n+](Cc2ccccn2)c2ccccc21. The van der Waals surface area contributed by atoms with Crippen LogP contribution in [0.15, 0.2) is 55.0 Å². The molecule has 0 unspecified atom stereocenters. The predicted octanol–water partition coefficient (Wildman–Crippen LogP) is 1.75. The fourth-order valence-corrected chi connectivity index (χ4v) is 2.45. The monoisotopic (exact) mass is 268 g/mol. The fraction of sp³-hybridized carbons (Fsp3) is 0.250. The number of aliphatic hydroxyl groups excluding tert-OH is 1. The van der Waals surface area contributed by atoms with E-state index in [9.17, 15) is 0 Å². The summed E-state index contributed by atoms with van der Waals surface area (Å²) in [4.78, 5) is 4.38. The van der Waals surface area contributed by atoms with Crippen molar-refractivity contribution in [3.05, 3.63) is 60.7 Å². The fourth-order valence-electron chi connectivity index (χ4n) is 2.45. The maximum absolute atomic E-state index is 9.01. The zero-order valence-electron chi connectivity index (χ0n) is 11.3. The lowest BCUT2D eigenvalue weighted by molar-refractivity contribution is -0.663. The number of aliphatic hydroxyl groups is 1. The van der Waals surface area contributed by atoms with Crippen LogP contribution in [-0.4, -0.2) is 21.3 Å². The highest BCUT2D eigenvalue weighted by molar-refractivity contribution is 5.71. The molecule has 0 atom stereocenters. The van der Waals surface area contributed by atoms with E-state index in [1.807, 2.05) is 36.5 Å². The first-order chi connectivity index (χ1) is 9.88. The summed E-state index contributed by atoms with van der Waals surface area (Å²) in [6.45, 7) is 1.80. The van der Waals surface area contributed by atoms with E-state index < -0.39 is 0 Å². The Balaban J connectivity index is 1.98. The first-order valence-corrected chi connectivity index (χ1v) is 6.86. The van der Waals surface area contributed by atoms with Gasteiger partial charge in [-0.05, 0) is 24.3 Å². The molecule has 20 heavy (non-hydrogen) atoms. The summed E-state index contributed by atoms with van der Waals surface area (Å²) in [7, 11) is 0. The van der Waals surface area contributed by atoms with Gasteiger partial charge in [-0.3, -0.25) is 4.98 Å². The molecule has 0 amide bonds. The second kappa shape index (κ2) is 5.84. The maximum atomic E-state index is 9.01. The van der Waals surface area contributed by atoms with Crippen molar-refractivity contribution >= 4 is 11.0 Å². The Kier molecular flexibility index (Phi) is 3.74. The standard InChI is InChI=1S/C16H18N3O/c20-11-5-10-18-13-19(12-14-6-3-4-9-17-14)16-8-2-1-7-15(16)18/h1-4,6-9,13,20H,5,10-12H2/q+1. The van der Waals surface area contributed by atoms with Crippen molar-refractivity contribution in [2.45, 2.75) is 19.5 Å². The minimum atomic E-state index is 0.215. The van der Waals surface area contributed by atoms with Crippen LogP contribution in [0.25, 0.3) is 11.0 Å². The van der Waals surface area contributed by atoms with Crippen LogP contribution >= 0.6 is 0 Å². The summed E-state index contributed by atoms with van der Waals surface area (Å²) in [5, 5.41) is 9.01. The van der Waals surface area contributed by atoms with Crippen LogP contribution in [0.3, 0.4) is 0 Å². The van der Waals surface area contributed by atoms with Gasteiger partial charge >= 0.3 is 0 Å². The van der Waals surface area contributed by atoms with Crippen LogP contribution in [0.2, 0.25) is 0 Å². The summed E-state index contributed by atoms with van der Waals surface area (Å²) in [5.74, 6) is 0. The predicted molar refractivity (Wildman–Crippen MR) is 77.2 cm³/mol. The smallest absolute Gasteiger partial charge is 0.245 e. The van der Waals surface area contributed by atoms with Crippen molar-refractivity contribution in [1.82, 2.24) is 9.55 Å². The molecule has 1 aromatic carbocycles. The number of nitrogens with zero attached hydrogens (tertiary/aromatic N) is 3. The molecule has 3 aromatic rings. The summed E-state index contributed by atoms with van der Waals surface area (Å²) in [6, 6.07) is 14.3. The molecule has 4 heteroatoms. The van der Waals surface area contributed by atoms with Crippen molar-refractivity contribution in [3.63, 3.8) is 0 Å². The van der Waals surface area contributed by atoms with Crippen molar-refractivity contribution in [1.29, 1.82) is 0 Å². The third-order valence-corrected chi connectivity index (χ3v) is 3.39. The van der Waals surface area contributed by atoms with Crippen LogP contribution in [0.1, 0.15) is 12.1 Å². The van der Waals surface area contributed by atoms with Gasteiger partial charge < -0.3 is 5.11 Å². The lowest BCUT2D eigenvalue weighted by Crippen LogP contribution is -2.33. The third-order valence-electron chi connectivity index (χ3n) is 3.39. The quantitative estimate of drug-likeness (QED) is 0.716. The molecule has 0 saturated carbocycles. The van der Waals surface area contributed by atoms with Crippen molar-refractivity contribution in [2.24, 2.45) is 0 Å². The van der Waals surface area contributed by atoms with Gasteiger partial charge in [-0.15, -0.1) is 0 Å². The normalized spacial score (nSPS) is 11.1. The summed E-state index contributed by atoms with van der Waals surface area (Å²) < 4.78 is 4.39. The molecule has 0 aliphatic heterocycles. The van der Waals surface area contributed by atoms with Gasteiger partial charge in [-0.2, -0.15) is 0 Å². The molecule has 0 saturated heterocycles. The molecule has 0 spiro atoms. The molecule has 0 radical (unpaired) electrons. The van der Waals surface area contributed by atoms with Gasteiger partial charge in [0.2, 0.25) is 6.33 Å². The van der Waals surface area contributed by atoms with Gasteiger partial charge in [-0.1, -0.05) is 18.2 Å². The first-order valence-electron chi connectivity index (χ1n) is 6.86. The topological polar surface area (TPSA) is 41.9 Å². The Morgan fingerprint density at radius 3 is 2.75 bits per heavy atom. The zero-order valence-corrected chi connectivity index (χ0v) is 11.3. The summed E-state index contributed by atoms with van der Waals surface area (Å²) >= 11 is 0. The van der Waals surface area contributed by atoms with Crippen molar-refractivity contribution < 1.29 is 9.67 Å². The molecule has 0 aliphatic rings. The number of hydrogen-bond donors (Lipinski definition) is 1. The average Bonchev–Trinajstić information content (AvgIpc) is 2.85. The average molecular weight is 268 g/mol. The largest absolute Gasteiger partial charge is 0.396 e. The number of aromatic nitrogens is 3. The van der Waals surface area contributed by atoms with E-state index in [1.165, 1.54) is 11.0 Å². The lowest BCUT2D eigenvalue weighted by atomic mass is 10.3. The number of hydrogen-bond acceptors (Lipinski definition) is 2. The number of rotatable bonds is 5. The van der Waals surface area contributed by atoms with E-state index in [4.69, 9.17) is 5.11 Å². The van der Waals surface area contributed by atoms with E-state index in [1.54, 1.807) is 0 Å². The van der Waals surface area contributed by atoms with E-state index in [0.29, 0.717) is 0 Å². The molecular weight excluding hydrogens is 250 g/mol. The minimum absolute atomic E-state index is 0.215. The van der Waals surface area contributed by atoms with Gasteiger partial charge in [0.25, 0.3) is 0 Å². The highest BCUT2D eigenvalue weighted by Gasteiger charge is 2.15. The zero-order chi connectivity index (χ0) is 13.8. The molecule has 0 bridgehead atoms. The highest BCUT2D eigenvalue weighted by Crippen LogP contribution is 2.11. The van der Waals surface area contributed by atoms with Crippen LogP contribution in [0, 0.1) is 0 Å². The van der Waals surface area contributed by atoms with E-state index in [-0.39, 0.29) is 6.61 Å². The Morgan fingerprint density at radius 1 is 1.10 bits per heavy atom. The minimum Gasteiger partial charge on any atom is -0.396 e. The molecule has 2 aromatic heterocycles. The van der Waals surface area contributed by atoms with Crippen LogP contribution in [0.4, 0.5) is 0 Å². The molecule has 3 rings (SSSR count). The van der Waals surface area contributed by atoms with Crippen molar-refractivity contribution in [2.75, 3.05) is 6.61 Å². The van der Waals surface area contributed by atoms with Gasteiger partial charge in [0.05, 0.1) is 12.2 Å². The lowest BCUT2D eigenvalue weighted by Gasteiger charge is -1.97. The van der Waals surface area contributed by atoms with Crippen LogP contribution in [0.5, 0.6) is 0 Å². The molecule has 4 nitrogen and oxygen atoms in total. The molecular formula is C16H18N3O+. The first kappa shape index (κ1) is 12.8. The molecule has 2 heterocycles. The third kappa shape index (κ3) is 2.56. The summed E-state index contributed by atoms with van der Waals surface area (Å²) in [5.41, 5.74) is 3.43. The Labute approximate surface area is 117 Å². The maximum Gasteiger partial charge on any atom is 0.245 e.